The van der Waals surface area contributed by atoms with Crippen molar-refractivity contribution in [1.82, 2.24) is 0 Å². The highest BCUT2D eigenvalue weighted by Gasteiger charge is 1.97. The SMILES string of the molecule is CC(O)c1ccc(N)cc1.CCc1ccc(NC=O)cc1.NC=O. The van der Waals surface area contributed by atoms with Crippen molar-refractivity contribution in [3.05, 3.63) is 59.7 Å². The van der Waals surface area contributed by atoms with Gasteiger partial charge in [-0.3, -0.25) is 9.59 Å². The summed E-state index contributed by atoms with van der Waals surface area (Å²) < 4.78 is 0. The summed E-state index contributed by atoms with van der Waals surface area (Å²) in [6, 6.07) is 15.0. The maximum Gasteiger partial charge on any atom is 0.211 e. The molecule has 0 radical (unpaired) electrons. The highest BCUT2D eigenvalue weighted by Crippen LogP contribution is 2.12. The first-order valence-electron chi connectivity index (χ1n) is 7.46. The molecule has 0 fully saturated rings. The Balaban J connectivity index is 0.000000381. The molecule has 0 aliphatic heterocycles. The molecule has 2 rings (SSSR count). The van der Waals surface area contributed by atoms with E-state index in [2.05, 4.69) is 18.0 Å². The number of aryl methyl sites for hydroxylation is 1. The van der Waals surface area contributed by atoms with Gasteiger partial charge in [-0.1, -0.05) is 31.2 Å². The Morgan fingerprint density at radius 2 is 1.58 bits per heavy atom. The molecule has 2 amide bonds. The molecule has 2 aromatic carbocycles. The molecule has 24 heavy (non-hydrogen) atoms. The van der Waals surface area contributed by atoms with E-state index in [0.717, 1.165) is 23.4 Å². The Bertz CT molecular complexity index is 581. The fraction of sp³-hybridized carbons (Fsp3) is 0.222. The second kappa shape index (κ2) is 12.7. The van der Waals surface area contributed by atoms with Crippen LogP contribution < -0.4 is 16.8 Å². The third-order valence-corrected chi connectivity index (χ3v) is 3.01. The van der Waals surface area contributed by atoms with Crippen molar-refractivity contribution in [2.45, 2.75) is 26.4 Å². The maximum absolute atomic E-state index is 10.0. The van der Waals surface area contributed by atoms with Gasteiger partial charge in [0.05, 0.1) is 6.10 Å². The van der Waals surface area contributed by atoms with Crippen LogP contribution in [-0.4, -0.2) is 17.9 Å². The highest BCUT2D eigenvalue weighted by molar-refractivity contribution is 5.71. The Morgan fingerprint density at radius 1 is 1.08 bits per heavy atom. The van der Waals surface area contributed by atoms with E-state index in [-0.39, 0.29) is 6.41 Å². The lowest BCUT2D eigenvalue weighted by atomic mass is 10.1. The van der Waals surface area contributed by atoms with Gasteiger partial charge in [-0.05, 0) is 48.7 Å². The molecule has 130 valence electrons. The fourth-order valence-corrected chi connectivity index (χ4v) is 1.68. The molecule has 1 atom stereocenters. The molecule has 6 N–H and O–H groups in total. The van der Waals surface area contributed by atoms with Gasteiger partial charge >= 0.3 is 0 Å². The molecule has 0 spiro atoms. The number of nitrogens with one attached hydrogen (secondary N) is 1. The summed E-state index contributed by atoms with van der Waals surface area (Å²) in [6.07, 6.45) is 1.56. The number of hydrogen-bond donors (Lipinski definition) is 4. The Kier molecular flexibility index (Phi) is 11.2. The van der Waals surface area contributed by atoms with Crippen LogP contribution in [0.1, 0.15) is 31.1 Å². The van der Waals surface area contributed by atoms with Crippen LogP contribution in [0.4, 0.5) is 11.4 Å². The Morgan fingerprint density at radius 3 is 1.96 bits per heavy atom. The maximum atomic E-state index is 10.0. The predicted molar refractivity (Wildman–Crippen MR) is 97.2 cm³/mol. The second-order valence-electron chi connectivity index (χ2n) is 4.79. The highest BCUT2D eigenvalue weighted by atomic mass is 16.3. The second-order valence-corrected chi connectivity index (χ2v) is 4.79. The topological polar surface area (TPSA) is 118 Å². The largest absolute Gasteiger partial charge is 0.399 e. The lowest BCUT2D eigenvalue weighted by Gasteiger charge is -2.02. The van der Waals surface area contributed by atoms with Gasteiger partial charge in [-0.15, -0.1) is 0 Å². The first-order valence-corrected chi connectivity index (χ1v) is 7.46. The minimum absolute atomic E-state index is 0.250. The molecule has 0 saturated carbocycles. The number of aliphatic hydroxyl groups excluding tert-OH is 1. The number of rotatable bonds is 4. The van der Waals surface area contributed by atoms with Crippen molar-refractivity contribution >= 4 is 24.2 Å². The van der Waals surface area contributed by atoms with E-state index in [1.807, 2.05) is 36.4 Å². The molecule has 0 aliphatic rings. The number of carbonyl (C=O) groups is 2. The molecule has 0 aliphatic carbocycles. The molecule has 2 aromatic rings. The van der Waals surface area contributed by atoms with Gasteiger partial charge in [0.15, 0.2) is 0 Å². The van der Waals surface area contributed by atoms with E-state index in [4.69, 9.17) is 15.6 Å². The van der Waals surface area contributed by atoms with Crippen LogP contribution in [0, 0.1) is 0 Å². The van der Waals surface area contributed by atoms with Crippen molar-refractivity contribution in [3.63, 3.8) is 0 Å². The van der Waals surface area contributed by atoms with Crippen LogP contribution in [-0.2, 0) is 16.0 Å². The summed E-state index contributed by atoms with van der Waals surface area (Å²) in [7, 11) is 0. The number of amides is 2. The molecule has 0 aromatic heterocycles. The molecule has 0 bridgehead atoms. The number of aliphatic hydroxyl groups is 1. The number of nitrogens with two attached hydrogens (primary N) is 2. The lowest BCUT2D eigenvalue weighted by Crippen LogP contribution is -1.92. The van der Waals surface area contributed by atoms with Crippen LogP contribution in [0.15, 0.2) is 48.5 Å². The quantitative estimate of drug-likeness (QED) is 0.507. The lowest BCUT2D eigenvalue weighted by molar-refractivity contribution is -0.107. The summed E-state index contributed by atoms with van der Waals surface area (Å²) in [5.41, 5.74) is 13.4. The monoisotopic (exact) mass is 331 g/mol. The van der Waals surface area contributed by atoms with Gasteiger partial charge < -0.3 is 21.9 Å². The van der Waals surface area contributed by atoms with Crippen LogP contribution >= 0.6 is 0 Å². The Hall–Kier alpha value is -2.86. The zero-order valence-corrected chi connectivity index (χ0v) is 14.0. The average molecular weight is 331 g/mol. The van der Waals surface area contributed by atoms with E-state index >= 15 is 0 Å². The van der Waals surface area contributed by atoms with Crippen LogP contribution in [0.2, 0.25) is 0 Å². The first-order chi connectivity index (χ1) is 11.5. The van der Waals surface area contributed by atoms with Gasteiger partial charge in [0.25, 0.3) is 0 Å². The number of nitrogen functional groups attached to an aromatic ring is 1. The van der Waals surface area contributed by atoms with Gasteiger partial charge in [0, 0.05) is 11.4 Å². The smallest absolute Gasteiger partial charge is 0.211 e. The molecule has 0 heterocycles. The first kappa shape index (κ1) is 21.1. The normalized spacial score (nSPS) is 10.1. The molecular formula is C18H25N3O3. The zero-order valence-electron chi connectivity index (χ0n) is 14.0. The minimum atomic E-state index is -0.402. The Labute approximate surface area is 142 Å². The molecule has 6 nitrogen and oxygen atoms in total. The molecule has 0 saturated heterocycles. The summed E-state index contributed by atoms with van der Waals surface area (Å²) >= 11 is 0. The van der Waals surface area contributed by atoms with Crippen molar-refractivity contribution < 1.29 is 14.7 Å². The van der Waals surface area contributed by atoms with Gasteiger partial charge in [-0.25, -0.2) is 0 Å². The van der Waals surface area contributed by atoms with Gasteiger partial charge in [0.1, 0.15) is 0 Å². The van der Waals surface area contributed by atoms with Crippen molar-refractivity contribution in [2.24, 2.45) is 5.73 Å². The third-order valence-electron chi connectivity index (χ3n) is 3.01. The van der Waals surface area contributed by atoms with Crippen molar-refractivity contribution in [2.75, 3.05) is 11.1 Å². The predicted octanol–water partition coefficient (Wildman–Crippen LogP) is 2.24. The van der Waals surface area contributed by atoms with E-state index in [1.54, 1.807) is 19.1 Å². The standard InChI is InChI=1S/C9H11NO.C8H11NO.CH3NO/c1-2-8-3-5-9(6-4-8)10-7-11;1-6(10)7-2-4-8(9)5-3-7;2-1-3/h3-7H,2H2,1H3,(H,10,11);2-6,10H,9H2,1H3;1H,(H2,2,3). The molecule has 1 unspecified atom stereocenters. The van der Waals surface area contributed by atoms with E-state index < -0.39 is 6.10 Å². The number of benzene rings is 2. The zero-order chi connectivity index (χ0) is 18.4. The third kappa shape index (κ3) is 9.22. The summed E-state index contributed by atoms with van der Waals surface area (Å²) in [5.74, 6) is 0. The molecule has 6 heteroatoms. The fourth-order valence-electron chi connectivity index (χ4n) is 1.68. The van der Waals surface area contributed by atoms with Crippen LogP contribution in [0.3, 0.4) is 0 Å². The van der Waals surface area contributed by atoms with E-state index in [1.165, 1.54) is 5.56 Å². The van der Waals surface area contributed by atoms with Crippen LogP contribution in [0.25, 0.3) is 0 Å². The van der Waals surface area contributed by atoms with E-state index in [0.29, 0.717) is 6.41 Å². The summed E-state index contributed by atoms with van der Waals surface area (Å²) in [6.45, 7) is 3.83. The van der Waals surface area contributed by atoms with Crippen molar-refractivity contribution in [1.29, 1.82) is 0 Å². The van der Waals surface area contributed by atoms with E-state index in [9.17, 15) is 4.79 Å². The number of anilines is 2. The van der Waals surface area contributed by atoms with Crippen molar-refractivity contribution in [3.8, 4) is 0 Å². The number of carbonyl (C=O) groups excluding carboxylic acids is 2. The number of hydrogen-bond acceptors (Lipinski definition) is 4. The molecular weight excluding hydrogens is 306 g/mol. The van der Waals surface area contributed by atoms with Gasteiger partial charge in [0.2, 0.25) is 12.8 Å². The average Bonchev–Trinajstić information content (AvgIpc) is 2.57. The number of primary amides is 1. The van der Waals surface area contributed by atoms with Crippen LogP contribution in [0.5, 0.6) is 0 Å². The minimum Gasteiger partial charge on any atom is -0.399 e. The summed E-state index contributed by atoms with van der Waals surface area (Å²) in [4.78, 5) is 18.6. The van der Waals surface area contributed by atoms with Gasteiger partial charge in [-0.2, -0.15) is 0 Å². The summed E-state index contributed by atoms with van der Waals surface area (Å²) in [5, 5.41) is 11.7.